The molecule has 0 aromatic carbocycles. The average Bonchev–Trinajstić information content (AvgIpc) is 2.19. The van der Waals surface area contributed by atoms with E-state index in [0.717, 1.165) is 12.1 Å². The van der Waals surface area contributed by atoms with Crippen molar-refractivity contribution in [3.63, 3.8) is 0 Å². The van der Waals surface area contributed by atoms with Gasteiger partial charge in [-0.3, -0.25) is 4.98 Å². The van der Waals surface area contributed by atoms with Crippen LogP contribution in [0.5, 0.6) is 0 Å². The number of anilines is 1. The first-order chi connectivity index (χ1) is 6.72. The summed E-state index contributed by atoms with van der Waals surface area (Å²) < 4.78 is 0. The molecule has 1 rings (SSSR count). The maximum absolute atomic E-state index is 5.13. The molecule has 1 aromatic heterocycles. The van der Waals surface area contributed by atoms with Gasteiger partial charge in [0.15, 0.2) is 5.11 Å². The Bertz CT molecular complexity index is 287. The van der Waals surface area contributed by atoms with E-state index >= 15 is 0 Å². The summed E-state index contributed by atoms with van der Waals surface area (Å²) in [6.45, 7) is 4.21. The molecule has 0 amide bonds. The highest BCUT2D eigenvalue weighted by molar-refractivity contribution is 7.80. The zero-order chi connectivity index (χ0) is 10.4. The Hall–Kier alpha value is -1.16. The van der Waals surface area contributed by atoms with E-state index in [1.807, 2.05) is 12.1 Å². The summed E-state index contributed by atoms with van der Waals surface area (Å²) in [7, 11) is 0. The van der Waals surface area contributed by atoms with Crippen molar-refractivity contribution >= 4 is 23.0 Å². The van der Waals surface area contributed by atoms with Crippen LogP contribution in [0.1, 0.15) is 20.3 Å². The van der Waals surface area contributed by atoms with Gasteiger partial charge in [0.25, 0.3) is 0 Å². The first kappa shape index (κ1) is 10.9. The van der Waals surface area contributed by atoms with Crippen LogP contribution in [0.2, 0.25) is 0 Å². The van der Waals surface area contributed by atoms with Gasteiger partial charge in [-0.1, -0.05) is 6.92 Å². The molecule has 0 saturated carbocycles. The molecule has 0 aliphatic heterocycles. The first-order valence-electron chi connectivity index (χ1n) is 4.70. The molecule has 1 atom stereocenters. The lowest BCUT2D eigenvalue weighted by molar-refractivity contribution is 0.646. The molecule has 4 heteroatoms. The predicted octanol–water partition coefficient (Wildman–Crippen LogP) is 2.17. The van der Waals surface area contributed by atoms with Crippen LogP contribution in [0.3, 0.4) is 0 Å². The van der Waals surface area contributed by atoms with E-state index in [1.54, 1.807) is 12.4 Å². The molecule has 76 valence electrons. The van der Waals surface area contributed by atoms with Crippen LogP contribution in [0.4, 0.5) is 5.69 Å². The van der Waals surface area contributed by atoms with Gasteiger partial charge in [0, 0.05) is 12.2 Å². The first-order valence-corrected chi connectivity index (χ1v) is 5.10. The van der Waals surface area contributed by atoms with Crippen molar-refractivity contribution in [3.05, 3.63) is 24.5 Å². The highest BCUT2D eigenvalue weighted by Gasteiger charge is 2.00. The highest BCUT2D eigenvalue weighted by atomic mass is 32.1. The smallest absolute Gasteiger partial charge is 0.171 e. The Morgan fingerprint density at radius 1 is 1.64 bits per heavy atom. The Morgan fingerprint density at radius 2 is 2.43 bits per heavy atom. The molecule has 0 radical (unpaired) electrons. The summed E-state index contributed by atoms with van der Waals surface area (Å²) >= 11 is 5.13. The van der Waals surface area contributed by atoms with Gasteiger partial charge in [-0.2, -0.15) is 0 Å². The summed E-state index contributed by atoms with van der Waals surface area (Å²) in [5.41, 5.74) is 0.910. The van der Waals surface area contributed by atoms with Crippen molar-refractivity contribution in [2.75, 3.05) is 5.32 Å². The van der Waals surface area contributed by atoms with E-state index in [0.29, 0.717) is 11.2 Å². The largest absolute Gasteiger partial charge is 0.360 e. The lowest BCUT2D eigenvalue weighted by Crippen LogP contribution is -2.35. The van der Waals surface area contributed by atoms with E-state index in [4.69, 9.17) is 12.2 Å². The molecule has 2 N–H and O–H groups in total. The quantitative estimate of drug-likeness (QED) is 0.748. The third-order valence-electron chi connectivity index (χ3n) is 1.91. The summed E-state index contributed by atoms with van der Waals surface area (Å²) in [6, 6.07) is 4.19. The third kappa shape index (κ3) is 3.70. The molecule has 14 heavy (non-hydrogen) atoms. The summed E-state index contributed by atoms with van der Waals surface area (Å²) in [4.78, 5) is 3.99. The Kier molecular flexibility index (Phi) is 4.32. The van der Waals surface area contributed by atoms with E-state index in [9.17, 15) is 0 Å². The van der Waals surface area contributed by atoms with E-state index in [1.165, 1.54) is 0 Å². The van der Waals surface area contributed by atoms with E-state index in [2.05, 4.69) is 29.5 Å². The van der Waals surface area contributed by atoms with Gasteiger partial charge in [0.1, 0.15) is 0 Å². The van der Waals surface area contributed by atoms with Crippen molar-refractivity contribution in [1.29, 1.82) is 0 Å². The number of rotatable bonds is 3. The van der Waals surface area contributed by atoms with Crippen molar-refractivity contribution in [1.82, 2.24) is 10.3 Å². The third-order valence-corrected chi connectivity index (χ3v) is 2.13. The Morgan fingerprint density at radius 3 is 3.00 bits per heavy atom. The number of aromatic nitrogens is 1. The average molecular weight is 209 g/mol. The maximum atomic E-state index is 5.13. The minimum Gasteiger partial charge on any atom is -0.360 e. The van der Waals surface area contributed by atoms with Gasteiger partial charge >= 0.3 is 0 Å². The predicted molar refractivity (Wildman–Crippen MR) is 63.3 cm³/mol. The summed E-state index contributed by atoms with van der Waals surface area (Å²) in [6.07, 6.45) is 4.52. The van der Waals surface area contributed by atoms with Gasteiger partial charge in [-0.05, 0) is 37.7 Å². The normalized spacial score (nSPS) is 11.9. The van der Waals surface area contributed by atoms with Crippen LogP contribution in [0.15, 0.2) is 24.5 Å². The summed E-state index contributed by atoms with van der Waals surface area (Å²) in [5, 5.41) is 6.88. The molecule has 0 spiro atoms. The molecule has 0 fully saturated rings. The minimum absolute atomic E-state index is 0.395. The minimum atomic E-state index is 0.395. The van der Waals surface area contributed by atoms with Crippen molar-refractivity contribution in [2.45, 2.75) is 26.3 Å². The molecule has 1 aromatic rings. The van der Waals surface area contributed by atoms with E-state index < -0.39 is 0 Å². The number of hydrogen-bond acceptors (Lipinski definition) is 2. The standard InChI is InChI=1S/C10H15N3S/c1-3-8(2)12-10(14)13-9-5-4-6-11-7-9/h4-8H,3H2,1-2H3,(H2,12,13,14)/t8-/m0/s1. The second-order valence-electron chi connectivity index (χ2n) is 3.15. The molecule has 0 bridgehead atoms. The fraction of sp³-hybridized carbons (Fsp3) is 0.400. The van der Waals surface area contributed by atoms with Crippen LogP contribution in [0, 0.1) is 0 Å². The second kappa shape index (κ2) is 5.54. The van der Waals surface area contributed by atoms with Crippen molar-refractivity contribution in [3.8, 4) is 0 Å². The van der Waals surface area contributed by atoms with Crippen LogP contribution in [0.25, 0.3) is 0 Å². The van der Waals surface area contributed by atoms with Gasteiger partial charge in [-0.25, -0.2) is 0 Å². The zero-order valence-corrected chi connectivity index (χ0v) is 9.27. The second-order valence-corrected chi connectivity index (χ2v) is 3.56. The number of thiocarbonyl (C=S) groups is 1. The SMILES string of the molecule is CC[C@H](C)NC(=S)Nc1cccnc1. The lowest BCUT2D eigenvalue weighted by atomic mass is 10.3. The van der Waals surface area contributed by atoms with Gasteiger partial charge in [-0.15, -0.1) is 0 Å². The molecule has 1 heterocycles. The molecular formula is C10H15N3S. The summed E-state index contributed by atoms with van der Waals surface area (Å²) in [5.74, 6) is 0. The van der Waals surface area contributed by atoms with Crippen molar-refractivity contribution < 1.29 is 0 Å². The van der Waals surface area contributed by atoms with Gasteiger partial charge in [0.05, 0.1) is 11.9 Å². The lowest BCUT2D eigenvalue weighted by Gasteiger charge is -2.14. The molecule has 0 unspecified atom stereocenters. The fourth-order valence-corrected chi connectivity index (χ4v) is 1.25. The monoisotopic (exact) mass is 209 g/mol. The number of nitrogens with one attached hydrogen (secondary N) is 2. The molecule has 0 aliphatic carbocycles. The molecular weight excluding hydrogens is 194 g/mol. The number of hydrogen-bond donors (Lipinski definition) is 2. The number of nitrogens with zero attached hydrogens (tertiary/aromatic N) is 1. The van der Waals surface area contributed by atoms with Crippen molar-refractivity contribution in [2.24, 2.45) is 0 Å². The van der Waals surface area contributed by atoms with Gasteiger partial charge in [0.2, 0.25) is 0 Å². The van der Waals surface area contributed by atoms with Crippen LogP contribution < -0.4 is 10.6 Å². The topological polar surface area (TPSA) is 37.0 Å². The van der Waals surface area contributed by atoms with Gasteiger partial charge < -0.3 is 10.6 Å². The fourth-order valence-electron chi connectivity index (χ4n) is 0.930. The molecule has 0 aliphatic rings. The maximum Gasteiger partial charge on any atom is 0.171 e. The molecule has 3 nitrogen and oxygen atoms in total. The van der Waals surface area contributed by atoms with Crippen LogP contribution in [-0.2, 0) is 0 Å². The van der Waals surface area contributed by atoms with Crippen LogP contribution in [-0.4, -0.2) is 16.1 Å². The Labute approximate surface area is 89.9 Å². The highest BCUT2D eigenvalue weighted by Crippen LogP contribution is 2.02. The zero-order valence-electron chi connectivity index (χ0n) is 8.45. The van der Waals surface area contributed by atoms with E-state index in [-0.39, 0.29) is 0 Å². The number of pyridine rings is 1. The van der Waals surface area contributed by atoms with Crippen LogP contribution >= 0.6 is 12.2 Å². The molecule has 0 saturated heterocycles. The Balaban J connectivity index is 2.42.